The number of rotatable bonds is 8. The van der Waals surface area contributed by atoms with E-state index in [0.717, 1.165) is 23.2 Å². The van der Waals surface area contributed by atoms with E-state index in [1.165, 1.54) is 6.08 Å². The Morgan fingerprint density at radius 1 is 1.36 bits per heavy atom. The van der Waals surface area contributed by atoms with Gasteiger partial charge in [0, 0.05) is 38.9 Å². The van der Waals surface area contributed by atoms with E-state index in [9.17, 15) is 4.79 Å². The maximum absolute atomic E-state index is 12.2. The molecule has 0 fully saturated rings. The summed E-state index contributed by atoms with van der Waals surface area (Å²) in [5.41, 5.74) is 2.69. The summed E-state index contributed by atoms with van der Waals surface area (Å²) in [6.45, 7) is 3.77. The molecule has 2 aromatic rings. The van der Waals surface area contributed by atoms with Crippen LogP contribution < -0.4 is 0 Å². The molecule has 1 amide bonds. The van der Waals surface area contributed by atoms with Crippen LogP contribution >= 0.6 is 11.6 Å². The Balaban J connectivity index is 2.05. The number of hydrogen-bond donors (Lipinski definition) is 0. The topological polar surface area (TPSA) is 47.4 Å². The fourth-order valence-electron chi connectivity index (χ4n) is 2.46. The standard InChI is InChI=1S/C19H24ClN3O2/c1-15-17(10-11-18(24)22(2)12-7-13-25-3)19(20)23(21-15)14-16-8-5-4-6-9-16/h4-6,8-11H,7,12-14H2,1-3H3/b11-10+. The number of carbonyl (C=O) groups is 1. The summed E-state index contributed by atoms with van der Waals surface area (Å²) < 4.78 is 6.75. The van der Waals surface area contributed by atoms with Crippen LogP contribution in [0.25, 0.3) is 6.08 Å². The van der Waals surface area contributed by atoms with Gasteiger partial charge >= 0.3 is 0 Å². The molecular formula is C19H24ClN3O2. The lowest BCUT2D eigenvalue weighted by atomic mass is 10.2. The maximum Gasteiger partial charge on any atom is 0.246 e. The van der Waals surface area contributed by atoms with E-state index in [2.05, 4.69) is 5.10 Å². The van der Waals surface area contributed by atoms with Gasteiger partial charge in [0.05, 0.1) is 12.2 Å². The number of benzene rings is 1. The molecule has 0 saturated carbocycles. The molecule has 6 heteroatoms. The van der Waals surface area contributed by atoms with Crippen molar-refractivity contribution < 1.29 is 9.53 Å². The highest BCUT2D eigenvalue weighted by Crippen LogP contribution is 2.22. The van der Waals surface area contributed by atoms with E-state index >= 15 is 0 Å². The average molecular weight is 362 g/mol. The summed E-state index contributed by atoms with van der Waals surface area (Å²) in [6, 6.07) is 10.0. The number of hydrogen-bond acceptors (Lipinski definition) is 3. The second-order valence-corrected chi connectivity index (χ2v) is 6.23. The zero-order valence-corrected chi connectivity index (χ0v) is 15.7. The highest BCUT2D eigenvalue weighted by Gasteiger charge is 2.12. The monoisotopic (exact) mass is 361 g/mol. The van der Waals surface area contributed by atoms with Gasteiger partial charge in [-0.05, 0) is 25.0 Å². The first kappa shape index (κ1) is 19.2. The molecule has 0 atom stereocenters. The third-order valence-electron chi connectivity index (χ3n) is 3.90. The highest BCUT2D eigenvalue weighted by molar-refractivity contribution is 6.31. The van der Waals surface area contributed by atoms with Crippen molar-refractivity contribution in [3.8, 4) is 0 Å². The van der Waals surface area contributed by atoms with Gasteiger partial charge in [-0.15, -0.1) is 0 Å². The Morgan fingerprint density at radius 2 is 2.08 bits per heavy atom. The van der Waals surface area contributed by atoms with Crippen molar-refractivity contribution in [3.05, 3.63) is 58.4 Å². The van der Waals surface area contributed by atoms with Crippen molar-refractivity contribution in [1.82, 2.24) is 14.7 Å². The molecule has 0 saturated heterocycles. The normalized spacial score (nSPS) is 11.2. The SMILES string of the molecule is COCCCN(C)C(=O)/C=C/c1c(C)nn(Cc2ccccc2)c1Cl. The quantitative estimate of drug-likeness (QED) is 0.534. The second kappa shape index (κ2) is 9.39. The number of nitrogens with zero attached hydrogens (tertiary/aromatic N) is 3. The number of aromatic nitrogens is 2. The molecule has 1 heterocycles. The molecule has 0 bridgehead atoms. The molecular weight excluding hydrogens is 338 g/mol. The Morgan fingerprint density at radius 3 is 2.76 bits per heavy atom. The molecule has 0 unspecified atom stereocenters. The van der Waals surface area contributed by atoms with Crippen molar-refractivity contribution in [2.24, 2.45) is 0 Å². The van der Waals surface area contributed by atoms with E-state index in [4.69, 9.17) is 16.3 Å². The van der Waals surface area contributed by atoms with Crippen molar-refractivity contribution >= 4 is 23.6 Å². The summed E-state index contributed by atoms with van der Waals surface area (Å²) >= 11 is 6.45. The van der Waals surface area contributed by atoms with Gasteiger partial charge in [-0.1, -0.05) is 41.9 Å². The summed E-state index contributed by atoms with van der Waals surface area (Å²) in [7, 11) is 3.43. The Labute approximate surface area is 153 Å². The molecule has 1 aromatic heterocycles. The summed E-state index contributed by atoms with van der Waals surface area (Å²) in [5, 5.41) is 5.02. The number of halogens is 1. The lowest BCUT2D eigenvalue weighted by Crippen LogP contribution is -2.26. The predicted molar refractivity (Wildman–Crippen MR) is 101 cm³/mol. The van der Waals surface area contributed by atoms with Crippen LogP contribution in [0.4, 0.5) is 0 Å². The van der Waals surface area contributed by atoms with Crippen molar-refractivity contribution in [2.75, 3.05) is 27.3 Å². The summed E-state index contributed by atoms with van der Waals surface area (Å²) in [5.74, 6) is -0.0672. The Hall–Kier alpha value is -2.11. The van der Waals surface area contributed by atoms with E-state index in [1.54, 1.807) is 29.8 Å². The number of likely N-dealkylation sites (N-methyl/N-ethyl adjacent to an activating group) is 1. The van der Waals surface area contributed by atoms with Crippen LogP contribution in [0.15, 0.2) is 36.4 Å². The first-order valence-corrected chi connectivity index (χ1v) is 8.59. The molecule has 134 valence electrons. The van der Waals surface area contributed by atoms with Gasteiger partial charge in [-0.25, -0.2) is 4.68 Å². The number of aryl methyl sites for hydroxylation is 1. The number of amides is 1. The lowest BCUT2D eigenvalue weighted by molar-refractivity contribution is -0.124. The third-order valence-corrected chi connectivity index (χ3v) is 4.29. The Kier molecular flexibility index (Phi) is 7.22. The Bertz CT molecular complexity index is 726. The number of carbonyl (C=O) groups excluding carboxylic acids is 1. The third kappa shape index (κ3) is 5.44. The minimum absolute atomic E-state index is 0.0672. The molecule has 0 spiro atoms. The van der Waals surface area contributed by atoms with Gasteiger partial charge < -0.3 is 9.64 Å². The first-order valence-electron chi connectivity index (χ1n) is 8.22. The average Bonchev–Trinajstić information content (AvgIpc) is 2.87. The minimum atomic E-state index is -0.0672. The van der Waals surface area contributed by atoms with Crippen LogP contribution in [0.2, 0.25) is 5.15 Å². The maximum atomic E-state index is 12.2. The van der Waals surface area contributed by atoms with Gasteiger partial charge in [0.15, 0.2) is 0 Å². The highest BCUT2D eigenvalue weighted by atomic mass is 35.5. The van der Waals surface area contributed by atoms with Crippen molar-refractivity contribution in [2.45, 2.75) is 19.9 Å². The van der Waals surface area contributed by atoms with E-state index in [1.807, 2.05) is 37.3 Å². The summed E-state index contributed by atoms with van der Waals surface area (Å²) in [6.07, 6.45) is 4.08. The molecule has 2 rings (SSSR count). The molecule has 0 aliphatic rings. The molecule has 0 aliphatic carbocycles. The van der Waals surface area contributed by atoms with Gasteiger partial charge in [-0.3, -0.25) is 4.79 Å². The van der Waals surface area contributed by atoms with Crippen LogP contribution in [0.1, 0.15) is 23.2 Å². The van der Waals surface area contributed by atoms with Crippen LogP contribution in [0.5, 0.6) is 0 Å². The van der Waals surface area contributed by atoms with Gasteiger partial charge in [0.1, 0.15) is 5.15 Å². The van der Waals surface area contributed by atoms with E-state index < -0.39 is 0 Å². The van der Waals surface area contributed by atoms with E-state index in [0.29, 0.717) is 24.8 Å². The smallest absolute Gasteiger partial charge is 0.246 e. The number of ether oxygens (including phenoxy) is 1. The van der Waals surface area contributed by atoms with Crippen LogP contribution in [0.3, 0.4) is 0 Å². The zero-order chi connectivity index (χ0) is 18.2. The van der Waals surface area contributed by atoms with Crippen LogP contribution in [-0.2, 0) is 16.1 Å². The number of methoxy groups -OCH3 is 1. The van der Waals surface area contributed by atoms with Crippen molar-refractivity contribution in [1.29, 1.82) is 0 Å². The fourth-order valence-corrected chi connectivity index (χ4v) is 2.75. The largest absolute Gasteiger partial charge is 0.385 e. The van der Waals surface area contributed by atoms with Crippen molar-refractivity contribution in [3.63, 3.8) is 0 Å². The van der Waals surface area contributed by atoms with Gasteiger partial charge in [0.2, 0.25) is 5.91 Å². The molecule has 0 radical (unpaired) electrons. The molecule has 25 heavy (non-hydrogen) atoms. The fraction of sp³-hybridized carbons (Fsp3) is 0.368. The lowest BCUT2D eigenvalue weighted by Gasteiger charge is -2.14. The summed E-state index contributed by atoms with van der Waals surface area (Å²) in [4.78, 5) is 13.8. The molecule has 1 aromatic carbocycles. The molecule has 5 nitrogen and oxygen atoms in total. The molecule has 0 N–H and O–H groups in total. The van der Waals surface area contributed by atoms with Gasteiger partial charge in [-0.2, -0.15) is 5.10 Å². The van der Waals surface area contributed by atoms with Crippen LogP contribution in [0, 0.1) is 6.92 Å². The minimum Gasteiger partial charge on any atom is -0.385 e. The van der Waals surface area contributed by atoms with E-state index in [-0.39, 0.29) is 5.91 Å². The zero-order valence-electron chi connectivity index (χ0n) is 14.9. The molecule has 0 aliphatic heterocycles. The predicted octanol–water partition coefficient (Wildman–Crippen LogP) is 3.40. The second-order valence-electron chi connectivity index (χ2n) is 5.87. The van der Waals surface area contributed by atoms with Gasteiger partial charge in [0.25, 0.3) is 0 Å². The van der Waals surface area contributed by atoms with Crippen LogP contribution in [-0.4, -0.2) is 47.9 Å². The first-order chi connectivity index (χ1) is 12.0.